The van der Waals surface area contributed by atoms with E-state index >= 15 is 0 Å². The molecule has 0 atom stereocenters. The number of aromatic nitrogens is 3. The third-order valence-electron chi connectivity index (χ3n) is 3.35. The van der Waals surface area contributed by atoms with Crippen LogP contribution in [0.15, 0.2) is 47.4 Å². The number of nitrogen functional groups attached to an aromatic ring is 1. The first kappa shape index (κ1) is 17.0. The van der Waals surface area contributed by atoms with Gasteiger partial charge in [0.1, 0.15) is 11.6 Å². The molecule has 130 valence electrons. The predicted molar refractivity (Wildman–Crippen MR) is 101 cm³/mol. The summed E-state index contributed by atoms with van der Waals surface area (Å²) in [7, 11) is 0. The summed E-state index contributed by atoms with van der Waals surface area (Å²) in [5.41, 5.74) is 10.5. The Morgan fingerprint density at radius 1 is 1.44 bits per heavy atom. The van der Waals surface area contributed by atoms with E-state index in [-0.39, 0.29) is 0 Å². The number of nitrogens with one attached hydrogen (secondary N) is 1. The largest absolute Gasteiger partial charge is 0.493 e. The number of imidazole rings is 1. The van der Waals surface area contributed by atoms with Gasteiger partial charge in [-0.3, -0.25) is 5.43 Å². The molecule has 0 aliphatic rings. The lowest BCUT2D eigenvalue weighted by molar-refractivity contribution is 0.313. The molecule has 0 radical (unpaired) electrons. The lowest BCUT2D eigenvalue weighted by Gasteiger charge is -2.12. The molecule has 7 nitrogen and oxygen atoms in total. The summed E-state index contributed by atoms with van der Waals surface area (Å²) < 4.78 is 7.86. The summed E-state index contributed by atoms with van der Waals surface area (Å²) in [5, 5.41) is 6.64. The fraction of sp³-hybridized carbons (Fsp3) is 0.235. The van der Waals surface area contributed by atoms with Crippen molar-refractivity contribution in [3.8, 4) is 5.75 Å². The number of hydrogen-bond acceptors (Lipinski definition) is 7. The minimum Gasteiger partial charge on any atom is -0.493 e. The number of nitrogens with two attached hydrogens (primary N) is 1. The maximum Gasteiger partial charge on any atom is 0.205 e. The van der Waals surface area contributed by atoms with Gasteiger partial charge in [-0.1, -0.05) is 6.92 Å². The number of nitrogens with zero attached hydrogens (tertiary/aromatic N) is 4. The second-order valence-corrected chi connectivity index (χ2v) is 6.26. The molecule has 3 aromatic rings. The van der Waals surface area contributed by atoms with E-state index in [9.17, 15) is 0 Å². The normalized spacial score (nSPS) is 11.1. The highest BCUT2D eigenvalue weighted by atomic mass is 32.1. The van der Waals surface area contributed by atoms with Crippen molar-refractivity contribution in [2.45, 2.75) is 19.9 Å². The Balaban J connectivity index is 1.75. The molecule has 0 saturated carbocycles. The maximum absolute atomic E-state index is 5.85. The van der Waals surface area contributed by atoms with Crippen molar-refractivity contribution in [2.24, 2.45) is 5.10 Å². The van der Waals surface area contributed by atoms with Crippen molar-refractivity contribution in [1.29, 1.82) is 0 Å². The van der Waals surface area contributed by atoms with E-state index in [0.29, 0.717) is 24.1 Å². The van der Waals surface area contributed by atoms with Crippen molar-refractivity contribution in [3.63, 3.8) is 0 Å². The van der Waals surface area contributed by atoms with Gasteiger partial charge in [-0.25, -0.2) is 9.97 Å². The van der Waals surface area contributed by atoms with Crippen LogP contribution >= 0.6 is 11.3 Å². The van der Waals surface area contributed by atoms with Gasteiger partial charge >= 0.3 is 0 Å². The van der Waals surface area contributed by atoms with Crippen molar-refractivity contribution >= 4 is 28.5 Å². The van der Waals surface area contributed by atoms with Crippen molar-refractivity contribution in [2.75, 3.05) is 17.8 Å². The molecule has 0 aliphatic heterocycles. The van der Waals surface area contributed by atoms with E-state index in [1.807, 2.05) is 22.9 Å². The van der Waals surface area contributed by atoms with Gasteiger partial charge in [0.2, 0.25) is 5.13 Å². The molecule has 0 spiro atoms. The lowest BCUT2D eigenvalue weighted by atomic mass is 10.1. The molecule has 0 unspecified atom stereocenters. The maximum atomic E-state index is 5.85. The van der Waals surface area contributed by atoms with Gasteiger partial charge in [0.25, 0.3) is 0 Å². The summed E-state index contributed by atoms with van der Waals surface area (Å²) in [6, 6.07) is 6.01. The number of thiazole rings is 1. The first-order valence-electron chi connectivity index (χ1n) is 7.96. The standard InChI is InChI=1S/C17H20N6OS/c1-2-7-24-15-4-3-13(8-14(15)10-23-6-5-19-12-23)9-20-22-17-21-16(18)11-25-17/h3-6,8-9,11-12H,2,7,10,18H2,1H3,(H,21,22). The van der Waals surface area contributed by atoms with Gasteiger partial charge in [-0.2, -0.15) is 5.10 Å². The third kappa shape index (κ3) is 4.80. The van der Waals surface area contributed by atoms with Crippen molar-refractivity contribution in [1.82, 2.24) is 14.5 Å². The number of ether oxygens (including phenoxy) is 1. The zero-order valence-electron chi connectivity index (χ0n) is 13.9. The Bertz CT molecular complexity index is 828. The summed E-state index contributed by atoms with van der Waals surface area (Å²) in [6.45, 7) is 3.47. The first-order valence-corrected chi connectivity index (χ1v) is 8.84. The van der Waals surface area contributed by atoms with E-state index in [1.54, 1.807) is 24.1 Å². The van der Waals surface area contributed by atoms with Crippen LogP contribution < -0.4 is 15.9 Å². The van der Waals surface area contributed by atoms with Crippen LogP contribution in [-0.2, 0) is 6.54 Å². The topological polar surface area (TPSA) is 90.4 Å². The Kier molecular flexibility index (Phi) is 5.63. The first-order chi connectivity index (χ1) is 12.2. The molecule has 0 amide bonds. The van der Waals surface area contributed by atoms with Gasteiger partial charge in [-0.15, -0.1) is 11.3 Å². The molecule has 8 heteroatoms. The minimum atomic E-state index is 0.489. The van der Waals surface area contributed by atoms with Crippen LogP contribution in [0.4, 0.5) is 10.9 Å². The molecule has 2 heterocycles. The highest BCUT2D eigenvalue weighted by Gasteiger charge is 2.06. The third-order valence-corrected chi connectivity index (χ3v) is 4.12. The monoisotopic (exact) mass is 356 g/mol. The van der Waals surface area contributed by atoms with Gasteiger partial charge in [0, 0.05) is 23.3 Å². The number of hydrazone groups is 1. The second kappa shape index (κ2) is 8.29. The Hall–Kier alpha value is -2.87. The molecule has 25 heavy (non-hydrogen) atoms. The quantitative estimate of drug-likeness (QED) is 0.478. The van der Waals surface area contributed by atoms with Crippen LogP contribution in [0.1, 0.15) is 24.5 Å². The predicted octanol–water partition coefficient (Wildman–Crippen LogP) is 3.20. The molecule has 3 N–H and O–H groups in total. The molecule has 1 aromatic carbocycles. The molecule has 0 aliphatic carbocycles. The summed E-state index contributed by atoms with van der Waals surface area (Å²) >= 11 is 1.41. The molecule has 0 bridgehead atoms. The summed E-state index contributed by atoms with van der Waals surface area (Å²) in [6.07, 6.45) is 8.20. The summed E-state index contributed by atoms with van der Waals surface area (Å²) in [4.78, 5) is 8.19. The van der Waals surface area contributed by atoms with Gasteiger partial charge < -0.3 is 15.0 Å². The Morgan fingerprint density at radius 3 is 3.08 bits per heavy atom. The Morgan fingerprint density at radius 2 is 2.36 bits per heavy atom. The van der Waals surface area contributed by atoms with Crippen LogP contribution in [0.3, 0.4) is 0 Å². The molecule has 2 aromatic heterocycles. The van der Waals surface area contributed by atoms with E-state index in [2.05, 4.69) is 33.5 Å². The van der Waals surface area contributed by atoms with E-state index in [4.69, 9.17) is 10.5 Å². The SMILES string of the molecule is CCCOc1ccc(C=NNc2nc(N)cs2)cc1Cn1ccnc1. The molecule has 0 saturated heterocycles. The van der Waals surface area contributed by atoms with Crippen LogP contribution in [-0.4, -0.2) is 27.4 Å². The molecule has 3 rings (SSSR count). The van der Waals surface area contributed by atoms with Crippen molar-refractivity contribution < 1.29 is 4.74 Å². The fourth-order valence-electron chi connectivity index (χ4n) is 2.23. The number of rotatable bonds is 8. The van der Waals surface area contributed by atoms with Gasteiger partial charge in [0.15, 0.2) is 0 Å². The average Bonchev–Trinajstić information content (AvgIpc) is 3.26. The lowest BCUT2D eigenvalue weighted by Crippen LogP contribution is -2.04. The highest BCUT2D eigenvalue weighted by Crippen LogP contribution is 2.21. The fourth-order valence-corrected chi connectivity index (χ4v) is 2.78. The average molecular weight is 356 g/mol. The second-order valence-electron chi connectivity index (χ2n) is 5.40. The molecular formula is C17H20N6OS. The summed E-state index contributed by atoms with van der Waals surface area (Å²) in [5.74, 6) is 1.37. The molecular weight excluding hydrogens is 336 g/mol. The number of benzene rings is 1. The number of hydrogen-bond donors (Lipinski definition) is 2. The smallest absolute Gasteiger partial charge is 0.205 e. The number of anilines is 2. The van der Waals surface area contributed by atoms with Gasteiger partial charge in [0.05, 0.1) is 25.7 Å². The zero-order valence-corrected chi connectivity index (χ0v) is 14.7. The van der Waals surface area contributed by atoms with Crippen molar-refractivity contribution in [3.05, 3.63) is 53.4 Å². The van der Waals surface area contributed by atoms with E-state index < -0.39 is 0 Å². The van der Waals surface area contributed by atoms with Crippen LogP contribution in [0.5, 0.6) is 5.75 Å². The Labute approximate surface area is 150 Å². The molecule has 0 fully saturated rings. The van der Waals surface area contributed by atoms with E-state index in [0.717, 1.165) is 23.3 Å². The van der Waals surface area contributed by atoms with Crippen LogP contribution in [0.2, 0.25) is 0 Å². The minimum absolute atomic E-state index is 0.489. The van der Waals surface area contributed by atoms with E-state index in [1.165, 1.54) is 11.3 Å². The van der Waals surface area contributed by atoms with Crippen LogP contribution in [0.25, 0.3) is 0 Å². The zero-order chi connectivity index (χ0) is 17.5. The van der Waals surface area contributed by atoms with Crippen LogP contribution in [0, 0.1) is 0 Å². The highest BCUT2D eigenvalue weighted by molar-refractivity contribution is 7.14. The van der Waals surface area contributed by atoms with Gasteiger partial charge in [-0.05, 0) is 30.2 Å².